The van der Waals surface area contributed by atoms with Crippen LogP contribution in [-0.4, -0.2) is 35.9 Å². The van der Waals surface area contributed by atoms with E-state index < -0.39 is 11.8 Å². The highest BCUT2D eigenvalue weighted by atomic mass is 16.5. The molecule has 1 aliphatic rings. The molecule has 0 saturated heterocycles. The van der Waals surface area contributed by atoms with Gasteiger partial charge in [-0.05, 0) is 55.5 Å². The highest BCUT2D eigenvalue weighted by Crippen LogP contribution is 2.30. The first-order valence-electron chi connectivity index (χ1n) is 9.91. The van der Waals surface area contributed by atoms with Gasteiger partial charge in [-0.3, -0.25) is 19.3 Å². The topological polar surface area (TPSA) is 87.7 Å². The molecule has 0 fully saturated rings. The molecule has 0 aromatic heterocycles. The molecule has 7 heteroatoms. The number of anilines is 2. The first-order valence-corrected chi connectivity index (χ1v) is 9.91. The maximum atomic E-state index is 13.0. The van der Waals surface area contributed by atoms with Gasteiger partial charge in [-0.2, -0.15) is 0 Å². The number of nitrogens with one attached hydrogen (secondary N) is 2. The molecule has 156 valence electrons. The van der Waals surface area contributed by atoms with Gasteiger partial charge in [0.1, 0.15) is 5.75 Å². The van der Waals surface area contributed by atoms with Gasteiger partial charge in [0.25, 0.3) is 17.7 Å². The van der Waals surface area contributed by atoms with Crippen molar-refractivity contribution in [2.24, 2.45) is 0 Å². The van der Waals surface area contributed by atoms with Crippen molar-refractivity contribution in [3.8, 4) is 5.75 Å². The maximum Gasteiger partial charge on any atom is 0.265 e. The number of imide groups is 1. The summed E-state index contributed by atoms with van der Waals surface area (Å²) in [5.74, 6) is -0.468. The Kier molecular flexibility index (Phi) is 5.66. The smallest absolute Gasteiger partial charge is 0.265 e. The molecule has 3 aromatic carbocycles. The monoisotopic (exact) mass is 415 g/mol. The Morgan fingerprint density at radius 2 is 1.65 bits per heavy atom. The van der Waals surface area contributed by atoms with Crippen LogP contribution >= 0.6 is 0 Å². The third-order valence-corrected chi connectivity index (χ3v) is 4.89. The van der Waals surface area contributed by atoms with E-state index in [0.717, 1.165) is 16.3 Å². The number of benzene rings is 3. The highest BCUT2D eigenvalue weighted by Gasteiger charge is 2.37. The van der Waals surface area contributed by atoms with E-state index in [1.807, 2.05) is 37.3 Å². The van der Waals surface area contributed by atoms with Gasteiger partial charge in [-0.25, -0.2) is 0 Å². The van der Waals surface area contributed by atoms with E-state index in [1.54, 1.807) is 42.5 Å². The zero-order chi connectivity index (χ0) is 21.8. The summed E-state index contributed by atoms with van der Waals surface area (Å²) in [6, 6.07) is 20.8. The lowest BCUT2D eigenvalue weighted by molar-refractivity contribution is 0.0666. The molecule has 0 bridgehead atoms. The molecule has 0 unspecified atom stereocenters. The average molecular weight is 415 g/mol. The lowest BCUT2D eigenvalue weighted by Crippen LogP contribution is -2.34. The lowest BCUT2D eigenvalue weighted by atomic mass is 10.1. The second kappa shape index (κ2) is 8.71. The molecule has 0 radical (unpaired) electrons. The fourth-order valence-corrected chi connectivity index (χ4v) is 3.37. The highest BCUT2D eigenvalue weighted by molar-refractivity contribution is 6.25. The molecule has 1 aliphatic heterocycles. The molecule has 3 amide bonds. The predicted molar refractivity (Wildman–Crippen MR) is 117 cm³/mol. The van der Waals surface area contributed by atoms with Crippen LogP contribution in [0.15, 0.2) is 72.8 Å². The minimum Gasteiger partial charge on any atom is -0.494 e. The van der Waals surface area contributed by atoms with Crippen LogP contribution in [-0.2, 0) is 0 Å². The van der Waals surface area contributed by atoms with Crippen LogP contribution < -0.4 is 15.4 Å². The Morgan fingerprint density at radius 1 is 0.903 bits per heavy atom. The first kappa shape index (κ1) is 20.2. The summed E-state index contributed by atoms with van der Waals surface area (Å²) in [7, 11) is 0. The van der Waals surface area contributed by atoms with Crippen molar-refractivity contribution in [2.75, 3.05) is 23.9 Å². The standard InChI is InChI=1S/C24H21N3O4/c1-2-31-18-13-11-17(12-14-18)25-15-27-23(29)19-9-6-10-20(21(19)24(27)30)26-22(28)16-7-4-3-5-8-16/h3-14,25H,2,15H2,1H3,(H,26,28). The van der Waals surface area contributed by atoms with Crippen LogP contribution in [0.3, 0.4) is 0 Å². The van der Waals surface area contributed by atoms with Crippen molar-refractivity contribution in [2.45, 2.75) is 6.92 Å². The third kappa shape index (κ3) is 4.11. The van der Waals surface area contributed by atoms with Gasteiger partial charge in [-0.15, -0.1) is 0 Å². The Hall–Kier alpha value is -4.13. The molecule has 3 aromatic rings. The van der Waals surface area contributed by atoms with Gasteiger partial charge >= 0.3 is 0 Å². The normalized spacial score (nSPS) is 12.5. The summed E-state index contributed by atoms with van der Waals surface area (Å²) in [6.07, 6.45) is 0. The van der Waals surface area contributed by atoms with Crippen LogP contribution in [0.25, 0.3) is 0 Å². The van der Waals surface area contributed by atoms with Crippen LogP contribution in [0.4, 0.5) is 11.4 Å². The van der Waals surface area contributed by atoms with Crippen LogP contribution in [0.2, 0.25) is 0 Å². The zero-order valence-corrected chi connectivity index (χ0v) is 16.9. The van der Waals surface area contributed by atoms with E-state index in [2.05, 4.69) is 10.6 Å². The number of hydrogen-bond acceptors (Lipinski definition) is 5. The summed E-state index contributed by atoms with van der Waals surface area (Å²) in [5.41, 5.74) is 1.99. The quantitative estimate of drug-likeness (QED) is 0.570. The van der Waals surface area contributed by atoms with E-state index in [1.165, 1.54) is 0 Å². The number of carbonyl (C=O) groups is 3. The van der Waals surface area contributed by atoms with Crippen LogP contribution in [0.5, 0.6) is 5.75 Å². The molecule has 1 heterocycles. The van der Waals surface area contributed by atoms with Gasteiger partial charge in [0.05, 0.1) is 30.1 Å². The minimum atomic E-state index is -0.456. The Morgan fingerprint density at radius 3 is 2.35 bits per heavy atom. The summed E-state index contributed by atoms with van der Waals surface area (Å²) < 4.78 is 5.41. The van der Waals surface area contributed by atoms with Gasteiger partial charge in [0, 0.05) is 11.3 Å². The molecule has 0 spiro atoms. The maximum absolute atomic E-state index is 13.0. The summed E-state index contributed by atoms with van der Waals surface area (Å²) in [4.78, 5) is 39.5. The minimum absolute atomic E-state index is 0.00635. The van der Waals surface area contributed by atoms with Crippen molar-refractivity contribution < 1.29 is 19.1 Å². The summed E-state index contributed by atoms with van der Waals surface area (Å²) in [6.45, 7) is 2.49. The lowest BCUT2D eigenvalue weighted by Gasteiger charge is -2.16. The van der Waals surface area contributed by atoms with Gasteiger partial charge in [-0.1, -0.05) is 24.3 Å². The summed E-state index contributed by atoms with van der Waals surface area (Å²) in [5, 5.41) is 5.83. The van der Waals surface area contributed by atoms with Crippen molar-refractivity contribution in [3.05, 3.63) is 89.5 Å². The van der Waals surface area contributed by atoms with Crippen molar-refractivity contribution >= 4 is 29.1 Å². The van der Waals surface area contributed by atoms with Gasteiger partial charge < -0.3 is 15.4 Å². The van der Waals surface area contributed by atoms with Gasteiger partial charge in [0.15, 0.2) is 0 Å². The second-order valence-electron chi connectivity index (χ2n) is 6.88. The number of carbonyl (C=O) groups excluding carboxylic acids is 3. The van der Waals surface area contributed by atoms with Crippen molar-refractivity contribution in [3.63, 3.8) is 0 Å². The molecule has 31 heavy (non-hydrogen) atoms. The molecular formula is C24H21N3O4. The predicted octanol–water partition coefficient (Wildman–Crippen LogP) is 4.00. The second-order valence-corrected chi connectivity index (χ2v) is 6.88. The first-order chi connectivity index (χ1) is 15.1. The number of nitrogens with zero attached hydrogens (tertiary/aromatic N) is 1. The number of hydrogen-bond donors (Lipinski definition) is 2. The Bertz CT molecular complexity index is 1130. The molecule has 2 N–H and O–H groups in total. The van der Waals surface area contributed by atoms with Crippen LogP contribution in [0, 0.1) is 0 Å². The number of ether oxygens (including phenoxy) is 1. The van der Waals surface area contributed by atoms with E-state index >= 15 is 0 Å². The number of rotatable bonds is 7. The van der Waals surface area contributed by atoms with E-state index in [9.17, 15) is 14.4 Å². The van der Waals surface area contributed by atoms with Crippen LogP contribution in [0.1, 0.15) is 38.0 Å². The Balaban J connectivity index is 1.50. The van der Waals surface area contributed by atoms with E-state index in [0.29, 0.717) is 17.9 Å². The van der Waals surface area contributed by atoms with Crippen molar-refractivity contribution in [1.29, 1.82) is 0 Å². The Labute approximate surface area is 179 Å². The summed E-state index contributed by atoms with van der Waals surface area (Å²) >= 11 is 0. The molecular weight excluding hydrogens is 394 g/mol. The molecule has 0 aliphatic carbocycles. The number of fused-ring (bicyclic) bond motifs is 1. The third-order valence-electron chi connectivity index (χ3n) is 4.89. The zero-order valence-electron chi connectivity index (χ0n) is 16.9. The molecule has 0 saturated carbocycles. The van der Waals surface area contributed by atoms with E-state index in [-0.39, 0.29) is 23.7 Å². The fourth-order valence-electron chi connectivity index (χ4n) is 3.37. The molecule has 7 nitrogen and oxygen atoms in total. The average Bonchev–Trinajstić information content (AvgIpc) is 3.04. The van der Waals surface area contributed by atoms with Gasteiger partial charge in [0.2, 0.25) is 0 Å². The van der Waals surface area contributed by atoms with E-state index in [4.69, 9.17) is 4.74 Å². The molecule has 0 atom stereocenters. The SMILES string of the molecule is CCOc1ccc(NCN2C(=O)c3cccc(NC(=O)c4ccccc4)c3C2=O)cc1. The molecule has 4 rings (SSSR count). The largest absolute Gasteiger partial charge is 0.494 e. The van der Waals surface area contributed by atoms with Crippen molar-refractivity contribution in [1.82, 2.24) is 4.90 Å². The number of amides is 3. The fraction of sp³-hybridized carbons (Fsp3) is 0.125.